The molecular formula is C18H19Cl2NO2S. The van der Waals surface area contributed by atoms with Crippen LogP contribution in [0.4, 0.5) is 0 Å². The highest BCUT2D eigenvalue weighted by atomic mass is 35.5. The highest BCUT2D eigenvalue weighted by molar-refractivity contribution is 7.10. The van der Waals surface area contributed by atoms with E-state index in [-0.39, 0.29) is 12.0 Å². The van der Waals surface area contributed by atoms with E-state index in [1.54, 1.807) is 11.3 Å². The monoisotopic (exact) mass is 383 g/mol. The van der Waals surface area contributed by atoms with Crippen molar-refractivity contribution < 1.29 is 9.90 Å². The highest BCUT2D eigenvalue weighted by Crippen LogP contribution is 2.37. The number of thiophene rings is 1. The third-order valence-electron chi connectivity index (χ3n) is 4.45. The van der Waals surface area contributed by atoms with Crippen LogP contribution in [0.15, 0.2) is 29.6 Å². The van der Waals surface area contributed by atoms with Crippen molar-refractivity contribution in [2.24, 2.45) is 5.92 Å². The van der Waals surface area contributed by atoms with Crippen molar-refractivity contribution in [2.75, 3.05) is 13.1 Å². The van der Waals surface area contributed by atoms with Crippen LogP contribution in [0.3, 0.4) is 0 Å². The van der Waals surface area contributed by atoms with E-state index in [0.717, 1.165) is 24.9 Å². The van der Waals surface area contributed by atoms with Gasteiger partial charge in [0.15, 0.2) is 0 Å². The van der Waals surface area contributed by atoms with Crippen molar-refractivity contribution in [1.82, 2.24) is 4.90 Å². The van der Waals surface area contributed by atoms with Crippen LogP contribution >= 0.6 is 34.5 Å². The lowest BCUT2D eigenvalue weighted by Crippen LogP contribution is -2.41. The van der Waals surface area contributed by atoms with Crippen LogP contribution in [0.1, 0.15) is 34.9 Å². The lowest BCUT2D eigenvalue weighted by Gasteiger charge is -2.37. The molecule has 1 aliphatic rings. The Morgan fingerprint density at radius 3 is 2.75 bits per heavy atom. The van der Waals surface area contributed by atoms with Gasteiger partial charge in [0.2, 0.25) is 0 Å². The number of nitrogens with zero attached hydrogens (tertiary/aromatic N) is 1. The molecule has 2 heterocycles. The largest absolute Gasteiger partial charge is 0.481 e. The fraction of sp³-hybridized carbons (Fsp3) is 0.389. The minimum atomic E-state index is -0.713. The number of benzene rings is 1. The molecule has 1 fully saturated rings. The molecule has 1 N–H and O–H groups in total. The maximum absolute atomic E-state index is 11.4. The minimum Gasteiger partial charge on any atom is -0.481 e. The summed E-state index contributed by atoms with van der Waals surface area (Å²) < 4.78 is 0. The summed E-state index contributed by atoms with van der Waals surface area (Å²) in [5.41, 5.74) is 2.27. The summed E-state index contributed by atoms with van der Waals surface area (Å²) in [4.78, 5) is 14.9. The van der Waals surface area contributed by atoms with Gasteiger partial charge in [0, 0.05) is 11.4 Å². The summed E-state index contributed by atoms with van der Waals surface area (Å²) in [6, 6.07) is 7.88. The van der Waals surface area contributed by atoms with Crippen LogP contribution in [-0.2, 0) is 4.79 Å². The Balaban J connectivity index is 1.98. The zero-order chi connectivity index (χ0) is 17.3. The molecule has 3 nitrogen and oxygen atoms in total. The van der Waals surface area contributed by atoms with Gasteiger partial charge in [-0.15, -0.1) is 11.3 Å². The Morgan fingerprint density at radius 1 is 1.33 bits per heavy atom. The van der Waals surface area contributed by atoms with Crippen LogP contribution in [-0.4, -0.2) is 29.1 Å². The van der Waals surface area contributed by atoms with E-state index in [9.17, 15) is 9.90 Å². The summed E-state index contributed by atoms with van der Waals surface area (Å²) in [7, 11) is 0. The van der Waals surface area contributed by atoms with Gasteiger partial charge < -0.3 is 5.11 Å². The highest BCUT2D eigenvalue weighted by Gasteiger charge is 2.32. The number of hydrogen-bond acceptors (Lipinski definition) is 3. The number of rotatable bonds is 4. The van der Waals surface area contributed by atoms with Crippen LogP contribution < -0.4 is 0 Å². The molecule has 0 saturated carbocycles. The summed E-state index contributed by atoms with van der Waals surface area (Å²) in [6.07, 6.45) is 1.63. The molecule has 0 radical (unpaired) electrons. The van der Waals surface area contributed by atoms with Crippen molar-refractivity contribution in [2.45, 2.75) is 25.8 Å². The van der Waals surface area contributed by atoms with E-state index in [2.05, 4.69) is 23.3 Å². The van der Waals surface area contributed by atoms with Crippen LogP contribution in [0.25, 0.3) is 0 Å². The van der Waals surface area contributed by atoms with Gasteiger partial charge in [-0.05, 0) is 61.0 Å². The first kappa shape index (κ1) is 17.7. The van der Waals surface area contributed by atoms with E-state index in [1.165, 1.54) is 10.4 Å². The number of piperidine rings is 1. The Labute approximate surface area is 155 Å². The number of carbonyl (C=O) groups is 1. The molecular weight excluding hydrogens is 365 g/mol. The van der Waals surface area contributed by atoms with Gasteiger partial charge in [0.05, 0.1) is 22.0 Å². The van der Waals surface area contributed by atoms with Gasteiger partial charge in [-0.3, -0.25) is 9.69 Å². The first-order valence-corrected chi connectivity index (χ1v) is 9.56. The second-order valence-electron chi connectivity index (χ2n) is 6.27. The van der Waals surface area contributed by atoms with E-state index in [1.807, 2.05) is 18.2 Å². The third kappa shape index (κ3) is 3.77. The normalized spacial score (nSPS) is 20.0. The zero-order valence-electron chi connectivity index (χ0n) is 13.3. The van der Waals surface area contributed by atoms with Crippen molar-refractivity contribution in [3.05, 3.63) is 55.7 Å². The number of carboxylic acids is 1. The molecule has 0 spiro atoms. The smallest absolute Gasteiger partial charge is 0.307 e. The van der Waals surface area contributed by atoms with E-state index in [4.69, 9.17) is 23.2 Å². The Kier molecular flexibility index (Phi) is 5.50. The fourth-order valence-electron chi connectivity index (χ4n) is 3.28. The molecule has 0 aliphatic carbocycles. The maximum Gasteiger partial charge on any atom is 0.307 e. The van der Waals surface area contributed by atoms with Gasteiger partial charge in [0.25, 0.3) is 0 Å². The van der Waals surface area contributed by atoms with Crippen molar-refractivity contribution in [3.63, 3.8) is 0 Å². The average Bonchev–Trinajstić information content (AvgIpc) is 2.97. The Hall–Kier alpha value is -1.07. The molecule has 2 atom stereocenters. The second-order valence-corrected chi connectivity index (χ2v) is 8.03. The number of aliphatic carboxylic acids is 1. The average molecular weight is 384 g/mol. The van der Waals surface area contributed by atoms with Gasteiger partial charge >= 0.3 is 5.97 Å². The molecule has 2 unspecified atom stereocenters. The quantitative estimate of drug-likeness (QED) is 0.783. The molecule has 128 valence electrons. The number of hydrogen-bond donors (Lipinski definition) is 1. The summed E-state index contributed by atoms with van der Waals surface area (Å²) in [6.45, 7) is 3.50. The number of carboxylic acid groups (broad SMARTS) is 1. The third-order valence-corrected chi connectivity index (χ3v) is 6.29. The van der Waals surface area contributed by atoms with Crippen LogP contribution in [0.2, 0.25) is 10.0 Å². The number of aryl methyl sites for hydroxylation is 1. The lowest BCUT2D eigenvalue weighted by atomic mass is 9.94. The maximum atomic E-state index is 11.4. The first-order chi connectivity index (χ1) is 11.5. The van der Waals surface area contributed by atoms with Crippen molar-refractivity contribution >= 4 is 40.5 Å². The predicted molar refractivity (Wildman–Crippen MR) is 99.3 cm³/mol. The molecule has 6 heteroatoms. The fourth-order valence-corrected chi connectivity index (χ4v) is 4.64. The molecule has 2 aromatic rings. The van der Waals surface area contributed by atoms with Crippen LogP contribution in [0, 0.1) is 12.8 Å². The molecule has 0 amide bonds. The Morgan fingerprint density at radius 2 is 2.12 bits per heavy atom. The van der Waals surface area contributed by atoms with Crippen molar-refractivity contribution in [1.29, 1.82) is 0 Å². The zero-order valence-corrected chi connectivity index (χ0v) is 15.7. The first-order valence-electron chi connectivity index (χ1n) is 7.92. The van der Waals surface area contributed by atoms with E-state index in [0.29, 0.717) is 16.6 Å². The SMILES string of the molecule is Cc1csc(C(c2ccc(Cl)c(Cl)c2)N2CCCC(C(=O)O)C2)c1. The van der Waals surface area contributed by atoms with Gasteiger partial charge in [0.1, 0.15) is 0 Å². The lowest BCUT2D eigenvalue weighted by molar-refractivity contribution is -0.143. The topological polar surface area (TPSA) is 40.5 Å². The minimum absolute atomic E-state index is 0.0145. The molecule has 24 heavy (non-hydrogen) atoms. The predicted octanol–water partition coefficient (Wildman–Crippen LogP) is 5.25. The van der Waals surface area contributed by atoms with Gasteiger partial charge in [-0.1, -0.05) is 29.3 Å². The second kappa shape index (κ2) is 7.44. The molecule has 0 bridgehead atoms. The Bertz CT molecular complexity index is 746. The summed E-state index contributed by atoms with van der Waals surface area (Å²) in [5, 5.41) is 12.6. The number of likely N-dealkylation sites (tertiary alicyclic amines) is 1. The molecule has 1 aromatic heterocycles. The van der Waals surface area contributed by atoms with Crippen molar-refractivity contribution in [3.8, 4) is 0 Å². The number of halogens is 2. The summed E-state index contributed by atoms with van der Waals surface area (Å²) in [5.74, 6) is -1.03. The van der Waals surface area contributed by atoms with Crippen LogP contribution in [0.5, 0.6) is 0 Å². The summed E-state index contributed by atoms with van der Waals surface area (Å²) >= 11 is 14.0. The van der Waals surface area contributed by atoms with E-state index < -0.39 is 5.97 Å². The van der Waals surface area contributed by atoms with Gasteiger partial charge in [-0.2, -0.15) is 0 Å². The van der Waals surface area contributed by atoms with Gasteiger partial charge in [-0.25, -0.2) is 0 Å². The molecule has 1 saturated heterocycles. The molecule has 3 rings (SSSR count). The molecule has 1 aromatic carbocycles. The van der Waals surface area contributed by atoms with E-state index >= 15 is 0 Å². The standard InChI is InChI=1S/C18H19Cl2NO2S/c1-11-7-16(24-10-11)17(12-4-5-14(19)15(20)8-12)21-6-2-3-13(9-21)18(22)23/h4-5,7-8,10,13,17H,2-3,6,9H2,1H3,(H,22,23). The molecule has 1 aliphatic heterocycles.